The van der Waals surface area contributed by atoms with Gasteiger partial charge in [0.25, 0.3) is 0 Å². The van der Waals surface area contributed by atoms with Gasteiger partial charge in [-0.05, 0) is 36.9 Å². The lowest BCUT2D eigenvalue weighted by atomic mass is 10.2. The van der Waals surface area contributed by atoms with Gasteiger partial charge in [0, 0.05) is 49.4 Å². The first-order chi connectivity index (χ1) is 12.7. The minimum atomic E-state index is -0.0919. The maximum Gasteiger partial charge on any atom is 0.237 e. The van der Waals surface area contributed by atoms with Crippen molar-refractivity contribution in [2.24, 2.45) is 0 Å². The Hall–Kier alpha value is -2.05. The van der Waals surface area contributed by atoms with Gasteiger partial charge in [0.2, 0.25) is 5.91 Å². The van der Waals surface area contributed by atoms with E-state index in [0.717, 1.165) is 38.3 Å². The van der Waals surface area contributed by atoms with Gasteiger partial charge in [-0.15, -0.1) is 11.3 Å². The first-order valence-corrected chi connectivity index (χ1v) is 9.98. The molecule has 0 saturated carbocycles. The van der Waals surface area contributed by atoms with Crippen molar-refractivity contribution >= 4 is 22.9 Å². The first kappa shape index (κ1) is 18.7. The summed E-state index contributed by atoms with van der Waals surface area (Å²) in [6.45, 7) is 6.31. The van der Waals surface area contributed by atoms with Crippen molar-refractivity contribution in [3.8, 4) is 5.75 Å². The fourth-order valence-electron chi connectivity index (χ4n) is 3.25. The molecule has 1 N–H and O–H groups in total. The van der Waals surface area contributed by atoms with E-state index in [1.807, 2.05) is 25.1 Å². The number of anilines is 1. The van der Waals surface area contributed by atoms with Crippen LogP contribution < -0.4 is 15.0 Å². The predicted octanol–water partition coefficient (Wildman–Crippen LogP) is 2.63. The molecule has 0 bridgehead atoms. The zero-order chi connectivity index (χ0) is 18.4. The number of hydrogen-bond donors (Lipinski definition) is 1. The van der Waals surface area contributed by atoms with Crippen LogP contribution in [0.1, 0.15) is 11.8 Å². The van der Waals surface area contributed by atoms with E-state index in [2.05, 4.69) is 38.7 Å². The molecular weight excluding hydrogens is 346 g/mol. The molecule has 140 valence electrons. The Kier molecular flexibility index (Phi) is 6.52. The van der Waals surface area contributed by atoms with Crippen LogP contribution in [-0.4, -0.2) is 56.7 Å². The van der Waals surface area contributed by atoms with Gasteiger partial charge in [0.15, 0.2) is 0 Å². The zero-order valence-corrected chi connectivity index (χ0v) is 16.3. The van der Waals surface area contributed by atoms with E-state index in [9.17, 15) is 4.79 Å². The molecule has 1 fully saturated rings. The van der Waals surface area contributed by atoms with Crippen LogP contribution in [0.5, 0.6) is 5.75 Å². The number of amides is 1. The van der Waals surface area contributed by atoms with Crippen LogP contribution >= 0.6 is 11.3 Å². The molecule has 0 aliphatic carbocycles. The summed E-state index contributed by atoms with van der Waals surface area (Å²) >= 11 is 1.74. The minimum Gasteiger partial charge on any atom is -0.497 e. The van der Waals surface area contributed by atoms with Gasteiger partial charge in [0.05, 0.1) is 13.2 Å². The van der Waals surface area contributed by atoms with E-state index < -0.39 is 0 Å². The topological polar surface area (TPSA) is 44.8 Å². The third kappa shape index (κ3) is 4.77. The molecule has 0 unspecified atom stereocenters. The van der Waals surface area contributed by atoms with Crippen molar-refractivity contribution in [1.29, 1.82) is 0 Å². The van der Waals surface area contributed by atoms with E-state index in [0.29, 0.717) is 6.54 Å². The number of rotatable bonds is 7. The molecule has 0 spiro atoms. The quantitative estimate of drug-likeness (QED) is 0.810. The van der Waals surface area contributed by atoms with E-state index in [-0.39, 0.29) is 11.9 Å². The molecule has 1 aliphatic heterocycles. The minimum absolute atomic E-state index is 0.0919. The Bertz CT molecular complexity index is 697. The van der Waals surface area contributed by atoms with E-state index in [1.165, 1.54) is 10.6 Å². The molecule has 1 amide bonds. The number of nitrogens with one attached hydrogen (secondary N) is 1. The van der Waals surface area contributed by atoms with E-state index >= 15 is 0 Å². The summed E-state index contributed by atoms with van der Waals surface area (Å²) in [5.41, 5.74) is 1.18. The lowest BCUT2D eigenvalue weighted by molar-refractivity contribution is -0.125. The van der Waals surface area contributed by atoms with Gasteiger partial charge in [-0.1, -0.05) is 12.1 Å². The summed E-state index contributed by atoms with van der Waals surface area (Å²) in [5, 5.41) is 5.14. The van der Waals surface area contributed by atoms with Crippen LogP contribution in [0.2, 0.25) is 0 Å². The molecule has 2 heterocycles. The first-order valence-electron chi connectivity index (χ1n) is 9.10. The maximum atomic E-state index is 12.4. The predicted molar refractivity (Wildman–Crippen MR) is 107 cm³/mol. The highest BCUT2D eigenvalue weighted by Crippen LogP contribution is 2.22. The van der Waals surface area contributed by atoms with Gasteiger partial charge in [0.1, 0.15) is 5.75 Å². The Labute approximate surface area is 159 Å². The van der Waals surface area contributed by atoms with Gasteiger partial charge in [-0.2, -0.15) is 0 Å². The average Bonchev–Trinajstić information content (AvgIpc) is 3.21. The highest BCUT2D eigenvalue weighted by atomic mass is 32.1. The molecule has 1 aromatic heterocycles. The van der Waals surface area contributed by atoms with Gasteiger partial charge in [-0.3, -0.25) is 9.69 Å². The molecule has 3 rings (SSSR count). The average molecular weight is 374 g/mol. The van der Waals surface area contributed by atoms with Crippen LogP contribution in [-0.2, 0) is 11.2 Å². The van der Waals surface area contributed by atoms with Crippen LogP contribution in [0.4, 0.5) is 5.69 Å². The summed E-state index contributed by atoms with van der Waals surface area (Å²) in [7, 11) is 1.69. The van der Waals surface area contributed by atoms with Crippen molar-refractivity contribution in [3.05, 3.63) is 46.7 Å². The normalized spacial score (nSPS) is 16.3. The smallest absolute Gasteiger partial charge is 0.237 e. The third-order valence-corrected chi connectivity index (χ3v) is 5.85. The zero-order valence-electron chi connectivity index (χ0n) is 15.5. The van der Waals surface area contributed by atoms with Crippen molar-refractivity contribution in [2.75, 3.05) is 44.7 Å². The number of nitrogens with zero attached hydrogens (tertiary/aromatic N) is 2. The molecule has 1 aliphatic rings. The summed E-state index contributed by atoms with van der Waals surface area (Å²) in [6.07, 6.45) is 0.903. The number of hydrogen-bond acceptors (Lipinski definition) is 5. The van der Waals surface area contributed by atoms with Gasteiger partial charge >= 0.3 is 0 Å². The van der Waals surface area contributed by atoms with Crippen molar-refractivity contribution in [2.45, 2.75) is 19.4 Å². The number of methoxy groups -OCH3 is 1. The number of thiophene rings is 1. The van der Waals surface area contributed by atoms with Gasteiger partial charge < -0.3 is 15.0 Å². The molecule has 1 aromatic carbocycles. The van der Waals surface area contributed by atoms with Crippen molar-refractivity contribution in [3.63, 3.8) is 0 Å². The number of piperazine rings is 1. The number of carbonyl (C=O) groups excluding carboxylic acids is 1. The molecule has 1 saturated heterocycles. The fraction of sp³-hybridized carbons (Fsp3) is 0.450. The molecule has 26 heavy (non-hydrogen) atoms. The summed E-state index contributed by atoms with van der Waals surface area (Å²) in [6, 6.07) is 12.2. The number of ether oxygens (including phenoxy) is 1. The van der Waals surface area contributed by atoms with E-state index in [1.54, 1.807) is 18.4 Å². The highest BCUT2D eigenvalue weighted by Gasteiger charge is 2.25. The lowest BCUT2D eigenvalue weighted by Crippen LogP contribution is -2.54. The van der Waals surface area contributed by atoms with Crippen LogP contribution in [0.3, 0.4) is 0 Å². The fourth-order valence-corrected chi connectivity index (χ4v) is 3.96. The summed E-state index contributed by atoms with van der Waals surface area (Å²) in [5.74, 6) is 1.000. The Morgan fingerprint density at radius 1 is 1.23 bits per heavy atom. The molecule has 5 nitrogen and oxygen atoms in total. The standard InChI is InChI=1S/C20H27N3O2S/c1-16(20(24)21-9-8-19-7-4-14-26-19)22-10-12-23(13-11-22)17-5-3-6-18(15-17)25-2/h3-7,14-16H,8-13H2,1-2H3,(H,21,24)/t16-/m1/s1. The van der Waals surface area contributed by atoms with E-state index in [4.69, 9.17) is 4.74 Å². The molecular formula is C20H27N3O2S. The Morgan fingerprint density at radius 2 is 2.04 bits per heavy atom. The molecule has 6 heteroatoms. The number of carbonyl (C=O) groups is 1. The highest BCUT2D eigenvalue weighted by molar-refractivity contribution is 7.09. The SMILES string of the molecule is COc1cccc(N2CCN([C@H](C)C(=O)NCCc3cccs3)CC2)c1. The van der Waals surface area contributed by atoms with Crippen molar-refractivity contribution < 1.29 is 9.53 Å². The molecule has 0 radical (unpaired) electrons. The largest absolute Gasteiger partial charge is 0.497 e. The second kappa shape index (κ2) is 9.05. The van der Waals surface area contributed by atoms with Gasteiger partial charge in [-0.25, -0.2) is 0 Å². The van der Waals surface area contributed by atoms with Crippen LogP contribution in [0.15, 0.2) is 41.8 Å². The monoisotopic (exact) mass is 373 g/mol. The summed E-state index contributed by atoms with van der Waals surface area (Å²) < 4.78 is 5.31. The molecule has 2 aromatic rings. The Morgan fingerprint density at radius 3 is 2.73 bits per heavy atom. The van der Waals surface area contributed by atoms with Crippen LogP contribution in [0, 0.1) is 0 Å². The molecule has 1 atom stereocenters. The maximum absolute atomic E-state index is 12.4. The Balaban J connectivity index is 1.45. The second-order valence-corrected chi connectivity index (χ2v) is 7.55. The van der Waals surface area contributed by atoms with Crippen LogP contribution in [0.25, 0.3) is 0 Å². The second-order valence-electron chi connectivity index (χ2n) is 6.52. The van der Waals surface area contributed by atoms with Crippen molar-refractivity contribution in [1.82, 2.24) is 10.2 Å². The lowest BCUT2D eigenvalue weighted by Gasteiger charge is -2.38. The summed E-state index contributed by atoms with van der Waals surface area (Å²) in [4.78, 5) is 18.3. The third-order valence-electron chi connectivity index (χ3n) is 4.91. The number of benzene rings is 1.